The average molecular weight is 525 g/mol. The maximum Gasteiger partial charge on any atom is 0.418 e. The lowest BCUT2D eigenvalue weighted by Gasteiger charge is -2.25. The Labute approximate surface area is 212 Å². The molecule has 5 rings (SSSR count). The molecule has 0 radical (unpaired) electrons. The van der Waals surface area contributed by atoms with Crippen molar-refractivity contribution in [3.05, 3.63) is 107 Å². The van der Waals surface area contributed by atoms with Crippen LogP contribution in [-0.2, 0) is 35.6 Å². The Morgan fingerprint density at radius 2 is 1.57 bits per heavy atom. The quantitative estimate of drug-likeness (QED) is 0.328. The number of amides is 1. The molecule has 0 aromatic heterocycles. The number of carbonyl (C=O) groups is 1. The molecule has 0 bridgehead atoms. The van der Waals surface area contributed by atoms with Crippen LogP contribution in [0.5, 0.6) is 0 Å². The first kappa shape index (κ1) is 24.8. The van der Waals surface area contributed by atoms with E-state index in [1.165, 1.54) is 52.9 Å². The standard InChI is InChI=1S/C28H23F3N2O3S/c1-37(35,36)33(25-8-3-2-7-23(25)28(29,30)31)17-18-9-11-21(12-10-18)27(34)32-24-16-15-20-14-13-19-5-4-6-22(24)26(19)20/h2-12,15-16H,13-14,17H2,1H3,(H,32,34). The van der Waals surface area contributed by atoms with Gasteiger partial charge in [0.05, 0.1) is 24.1 Å². The predicted octanol–water partition coefficient (Wildman–Crippen LogP) is 6.18. The molecule has 9 heteroatoms. The summed E-state index contributed by atoms with van der Waals surface area (Å²) >= 11 is 0. The fraction of sp³-hybridized carbons (Fsp3) is 0.179. The molecule has 1 amide bonds. The molecule has 4 aromatic carbocycles. The first-order chi connectivity index (χ1) is 17.5. The molecule has 0 saturated carbocycles. The summed E-state index contributed by atoms with van der Waals surface area (Å²) in [5, 5.41) is 5.10. The number of nitrogens with one attached hydrogen (secondary N) is 1. The Morgan fingerprint density at radius 3 is 2.24 bits per heavy atom. The van der Waals surface area contributed by atoms with Gasteiger partial charge in [0.2, 0.25) is 10.0 Å². The first-order valence-corrected chi connectivity index (χ1v) is 13.4. The van der Waals surface area contributed by atoms with Crippen LogP contribution < -0.4 is 9.62 Å². The summed E-state index contributed by atoms with van der Waals surface area (Å²) in [6.45, 7) is -0.317. The van der Waals surface area contributed by atoms with Crippen molar-refractivity contribution in [2.75, 3.05) is 15.9 Å². The number of rotatable bonds is 6. The third-order valence-electron chi connectivity index (χ3n) is 6.55. The van der Waals surface area contributed by atoms with E-state index >= 15 is 0 Å². The van der Waals surface area contributed by atoms with E-state index in [0.29, 0.717) is 16.8 Å². The molecule has 0 saturated heterocycles. The topological polar surface area (TPSA) is 66.5 Å². The second-order valence-electron chi connectivity index (χ2n) is 9.05. The zero-order chi connectivity index (χ0) is 26.4. The minimum atomic E-state index is -4.72. The van der Waals surface area contributed by atoms with E-state index in [9.17, 15) is 26.4 Å². The van der Waals surface area contributed by atoms with Gasteiger partial charge in [0, 0.05) is 16.6 Å². The van der Waals surface area contributed by atoms with Crippen molar-refractivity contribution in [2.24, 2.45) is 0 Å². The van der Waals surface area contributed by atoms with Gasteiger partial charge < -0.3 is 5.32 Å². The molecule has 190 valence electrons. The summed E-state index contributed by atoms with van der Waals surface area (Å²) < 4.78 is 66.2. The first-order valence-electron chi connectivity index (χ1n) is 11.6. The lowest BCUT2D eigenvalue weighted by molar-refractivity contribution is -0.137. The Balaban J connectivity index is 1.39. The van der Waals surface area contributed by atoms with Crippen LogP contribution in [0.1, 0.15) is 32.6 Å². The van der Waals surface area contributed by atoms with Gasteiger partial charge in [-0.25, -0.2) is 8.42 Å². The highest BCUT2D eigenvalue weighted by molar-refractivity contribution is 7.92. The van der Waals surface area contributed by atoms with Crippen LogP contribution in [0.25, 0.3) is 10.8 Å². The Hall–Kier alpha value is -3.85. The maximum atomic E-state index is 13.5. The SMILES string of the molecule is CS(=O)(=O)N(Cc1ccc(C(=O)Nc2ccc3c4c(cccc24)CC3)cc1)c1ccccc1C(F)(F)F. The minimum absolute atomic E-state index is 0.317. The van der Waals surface area contributed by atoms with Crippen molar-refractivity contribution in [2.45, 2.75) is 25.6 Å². The predicted molar refractivity (Wildman–Crippen MR) is 138 cm³/mol. The van der Waals surface area contributed by atoms with Gasteiger partial charge in [-0.2, -0.15) is 13.2 Å². The molecule has 0 aliphatic heterocycles. The molecular weight excluding hydrogens is 501 g/mol. The van der Waals surface area contributed by atoms with Gasteiger partial charge in [-0.1, -0.05) is 48.5 Å². The molecule has 4 aromatic rings. The van der Waals surface area contributed by atoms with Crippen LogP contribution in [-0.4, -0.2) is 20.6 Å². The molecule has 0 spiro atoms. The lowest BCUT2D eigenvalue weighted by atomic mass is 10.0. The summed E-state index contributed by atoms with van der Waals surface area (Å²) in [5.41, 5.74) is 2.50. The van der Waals surface area contributed by atoms with E-state index in [4.69, 9.17) is 0 Å². The highest BCUT2D eigenvalue weighted by Gasteiger charge is 2.36. The van der Waals surface area contributed by atoms with E-state index in [1.807, 2.05) is 24.3 Å². The maximum absolute atomic E-state index is 13.5. The van der Waals surface area contributed by atoms with Gasteiger partial charge >= 0.3 is 6.18 Å². The van der Waals surface area contributed by atoms with E-state index in [-0.39, 0.29) is 12.5 Å². The van der Waals surface area contributed by atoms with E-state index < -0.39 is 27.5 Å². The Kier molecular flexibility index (Phi) is 6.19. The van der Waals surface area contributed by atoms with Crippen molar-refractivity contribution in [1.82, 2.24) is 0 Å². The summed E-state index contributed by atoms with van der Waals surface area (Å²) in [5.74, 6) is -0.340. The summed E-state index contributed by atoms with van der Waals surface area (Å²) in [6, 6.07) is 20.6. The number of anilines is 2. The van der Waals surface area contributed by atoms with E-state index in [0.717, 1.165) is 40.9 Å². The second kappa shape index (κ2) is 9.23. The fourth-order valence-electron chi connectivity index (χ4n) is 4.79. The monoisotopic (exact) mass is 524 g/mol. The molecule has 1 aliphatic carbocycles. The lowest BCUT2D eigenvalue weighted by Crippen LogP contribution is -2.31. The van der Waals surface area contributed by atoms with Crippen LogP contribution >= 0.6 is 0 Å². The number of carbonyl (C=O) groups excluding carboxylic acids is 1. The molecule has 5 nitrogen and oxygen atoms in total. The van der Waals surface area contributed by atoms with Gasteiger partial charge in [-0.05, 0) is 65.3 Å². The molecule has 37 heavy (non-hydrogen) atoms. The summed E-state index contributed by atoms with van der Waals surface area (Å²) in [4.78, 5) is 13.0. The number of hydrogen-bond donors (Lipinski definition) is 1. The van der Waals surface area contributed by atoms with Crippen molar-refractivity contribution in [1.29, 1.82) is 0 Å². The normalized spacial score (nSPS) is 13.1. The average Bonchev–Trinajstić information content (AvgIpc) is 3.28. The number of sulfonamides is 1. The van der Waals surface area contributed by atoms with Crippen LogP contribution in [0.4, 0.5) is 24.5 Å². The van der Waals surface area contributed by atoms with Gasteiger partial charge in [0.1, 0.15) is 0 Å². The third kappa shape index (κ3) is 4.91. The Morgan fingerprint density at radius 1 is 0.892 bits per heavy atom. The zero-order valence-electron chi connectivity index (χ0n) is 19.8. The molecule has 1 N–H and O–H groups in total. The van der Waals surface area contributed by atoms with Crippen molar-refractivity contribution in [3.8, 4) is 0 Å². The van der Waals surface area contributed by atoms with Crippen molar-refractivity contribution in [3.63, 3.8) is 0 Å². The number of benzene rings is 4. The molecular formula is C28H23F3N2O3S. The number of hydrogen-bond acceptors (Lipinski definition) is 3. The fourth-order valence-corrected chi connectivity index (χ4v) is 5.69. The second-order valence-corrected chi connectivity index (χ2v) is 11.0. The number of nitrogens with zero attached hydrogens (tertiary/aromatic N) is 1. The smallest absolute Gasteiger partial charge is 0.321 e. The highest BCUT2D eigenvalue weighted by atomic mass is 32.2. The third-order valence-corrected chi connectivity index (χ3v) is 7.67. The van der Waals surface area contributed by atoms with Crippen molar-refractivity contribution < 1.29 is 26.4 Å². The zero-order valence-corrected chi connectivity index (χ0v) is 20.7. The number of halogens is 3. The molecule has 0 fully saturated rings. The molecule has 0 unspecified atom stereocenters. The van der Waals surface area contributed by atoms with Gasteiger partial charge in [-0.15, -0.1) is 0 Å². The largest absolute Gasteiger partial charge is 0.418 e. The van der Waals surface area contributed by atoms with Gasteiger partial charge in [-0.3, -0.25) is 9.10 Å². The van der Waals surface area contributed by atoms with Crippen LogP contribution in [0.2, 0.25) is 0 Å². The molecule has 1 aliphatic rings. The van der Waals surface area contributed by atoms with Crippen LogP contribution in [0, 0.1) is 0 Å². The summed E-state index contributed by atoms with van der Waals surface area (Å²) in [6.07, 6.45) is -1.91. The van der Waals surface area contributed by atoms with Gasteiger partial charge in [0.15, 0.2) is 0 Å². The van der Waals surface area contributed by atoms with Gasteiger partial charge in [0.25, 0.3) is 5.91 Å². The number of aryl methyl sites for hydroxylation is 2. The molecule has 0 heterocycles. The molecule has 0 atom stereocenters. The van der Waals surface area contributed by atoms with Crippen molar-refractivity contribution >= 4 is 38.1 Å². The Bertz CT molecular complexity index is 1600. The summed E-state index contributed by atoms with van der Waals surface area (Å²) in [7, 11) is -4.03. The minimum Gasteiger partial charge on any atom is -0.321 e. The number of para-hydroxylation sites is 1. The number of alkyl halides is 3. The van der Waals surface area contributed by atoms with E-state index in [1.54, 1.807) is 0 Å². The highest BCUT2D eigenvalue weighted by Crippen LogP contribution is 2.38. The van der Waals surface area contributed by atoms with Crippen LogP contribution in [0.3, 0.4) is 0 Å². The van der Waals surface area contributed by atoms with Crippen LogP contribution in [0.15, 0.2) is 78.9 Å². The van der Waals surface area contributed by atoms with E-state index in [2.05, 4.69) is 11.4 Å².